The van der Waals surface area contributed by atoms with Crippen molar-refractivity contribution in [2.75, 3.05) is 20.2 Å². The number of amides is 1. The molecule has 0 saturated carbocycles. The van der Waals surface area contributed by atoms with Crippen LogP contribution in [0.25, 0.3) is 10.2 Å². The average Bonchev–Trinajstić information content (AvgIpc) is 3.17. The number of halogens is 1. The maximum atomic E-state index is 13.0. The van der Waals surface area contributed by atoms with Crippen LogP contribution in [-0.4, -0.2) is 49.4 Å². The Labute approximate surface area is 213 Å². The monoisotopic (exact) mass is 537 g/mol. The Kier molecular flexibility index (Phi) is 8.87. The van der Waals surface area contributed by atoms with E-state index in [-0.39, 0.29) is 23.6 Å². The van der Waals surface area contributed by atoms with E-state index in [9.17, 15) is 18.0 Å². The molecule has 0 spiro atoms. The molecule has 2 aromatic carbocycles. The fourth-order valence-corrected chi connectivity index (χ4v) is 5.93. The number of esters is 1. The third-order valence-electron chi connectivity index (χ3n) is 5.46. The Bertz CT molecular complexity index is 1410. The van der Waals surface area contributed by atoms with Gasteiger partial charge in [0, 0.05) is 24.2 Å². The number of unbranched alkanes of at least 4 members (excludes halogenated alkanes) is 1. The molecule has 0 aliphatic carbocycles. The number of carbonyl (C=O) groups excluding carboxylic acids is 2. The van der Waals surface area contributed by atoms with Gasteiger partial charge in [-0.3, -0.25) is 9.59 Å². The fourth-order valence-electron chi connectivity index (χ4n) is 3.48. The van der Waals surface area contributed by atoms with Gasteiger partial charge in [0.05, 0.1) is 21.7 Å². The predicted molar refractivity (Wildman–Crippen MR) is 137 cm³/mol. The van der Waals surface area contributed by atoms with Gasteiger partial charge in [0.2, 0.25) is 10.0 Å². The van der Waals surface area contributed by atoms with E-state index in [1.54, 1.807) is 17.6 Å². The van der Waals surface area contributed by atoms with Crippen LogP contribution in [-0.2, 0) is 26.1 Å². The molecule has 3 aromatic rings. The van der Waals surface area contributed by atoms with E-state index in [2.05, 4.69) is 4.99 Å². The van der Waals surface area contributed by atoms with Crippen LogP contribution in [0, 0.1) is 6.92 Å². The lowest BCUT2D eigenvalue weighted by Crippen LogP contribution is -2.28. The number of aryl methyl sites for hydroxylation is 1. The number of fused-ring (bicyclic) bond motifs is 1. The summed E-state index contributed by atoms with van der Waals surface area (Å²) in [5.74, 6) is -1.01. The first-order chi connectivity index (χ1) is 16.6. The summed E-state index contributed by atoms with van der Waals surface area (Å²) in [6.45, 7) is 6.08. The Morgan fingerprint density at radius 2 is 1.83 bits per heavy atom. The molecule has 11 heteroatoms. The van der Waals surface area contributed by atoms with Gasteiger partial charge in [-0.15, -0.1) is 0 Å². The molecule has 0 unspecified atom stereocenters. The highest BCUT2D eigenvalue weighted by Crippen LogP contribution is 2.27. The SMILES string of the molecule is CCCCN(C)S(=O)(=O)c1ccc(C(=O)N=c2sc3ccc(Cl)c(C)c3n2CC(=O)OCC)cc1. The van der Waals surface area contributed by atoms with Gasteiger partial charge in [0.25, 0.3) is 5.91 Å². The molecule has 0 aliphatic rings. The molecule has 0 fully saturated rings. The Morgan fingerprint density at radius 1 is 1.14 bits per heavy atom. The van der Waals surface area contributed by atoms with Crippen molar-refractivity contribution in [3.63, 3.8) is 0 Å². The maximum Gasteiger partial charge on any atom is 0.326 e. The number of thiazole rings is 1. The van der Waals surface area contributed by atoms with Gasteiger partial charge >= 0.3 is 5.97 Å². The molecule has 1 aromatic heterocycles. The van der Waals surface area contributed by atoms with Crippen LogP contribution in [0.1, 0.15) is 42.6 Å². The summed E-state index contributed by atoms with van der Waals surface area (Å²) in [4.78, 5) is 29.9. The van der Waals surface area contributed by atoms with E-state index in [4.69, 9.17) is 16.3 Å². The highest BCUT2D eigenvalue weighted by atomic mass is 35.5. The lowest BCUT2D eigenvalue weighted by atomic mass is 10.2. The topological polar surface area (TPSA) is 98.0 Å². The van der Waals surface area contributed by atoms with Gasteiger partial charge in [-0.25, -0.2) is 12.7 Å². The minimum absolute atomic E-state index is 0.108. The minimum atomic E-state index is -3.64. The van der Waals surface area contributed by atoms with Crippen molar-refractivity contribution in [2.45, 2.75) is 45.1 Å². The molecule has 35 heavy (non-hydrogen) atoms. The summed E-state index contributed by atoms with van der Waals surface area (Å²) >= 11 is 7.55. The number of hydrogen-bond acceptors (Lipinski definition) is 6. The van der Waals surface area contributed by atoms with E-state index < -0.39 is 21.9 Å². The van der Waals surface area contributed by atoms with Crippen molar-refractivity contribution in [2.24, 2.45) is 4.99 Å². The number of nitrogens with zero attached hydrogens (tertiary/aromatic N) is 3. The lowest BCUT2D eigenvalue weighted by molar-refractivity contribution is -0.143. The van der Waals surface area contributed by atoms with Gasteiger partial charge in [0.15, 0.2) is 4.80 Å². The van der Waals surface area contributed by atoms with Gasteiger partial charge < -0.3 is 9.30 Å². The van der Waals surface area contributed by atoms with Gasteiger partial charge in [-0.05, 0) is 62.2 Å². The van der Waals surface area contributed by atoms with Crippen molar-refractivity contribution < 1.29 is 22.7 Å². The average molecular weight is 538 g/mol. The van der Waals surface area contributed by atoms with E-state index in [1.165, 1.54) is 47.0 Å². The van der Waals surface area contributed by atoms with Crippen LogP contribution in [0.5, 0.6) is 0 Å². The van der Waals surface area contributed by atoms with Crippen molar-refractivity contribution in [1.82, 2.24) is 8.87 Å². The largest absolute Gasteiger partial charge is 0.465 e. The highest BCUT2D eigenvalue weighted by molar-refractivity contribution is 7.89. The Balaban J connectivity index is 1.99. The molecule has 0 saturated heterocycles. The van der Waals surface area contributed by atoms with E-state index in [0.717, 1.165) is 23.1 Å². The molecule has 0 bridgehead atoms. The number of benzene rings is 2. The lowest BCUT2D eigenvalue weighted by Gasteiger charge is -2.16. The van der Waals surface area contributed by atoms with Crippen LogP contribution in [0.15, 0.2) is 46.3 Å². The van der Waals surface area contributed by atoms with Crippen LogP contribution in [0.3, 0.4) is 0 Å². The molecule has 1 amide bonds. The predicted octanol–water partition coefficient (Wildman–Crippen LogP) is 4.39. The smallest absolute Gasteiger partial charge is 0.326 e. The summed E-state index contributed by atoms with van der Waals surface area (Å²) in [6, 6.07) is 9.26. The standard InChI is InChI=1S/C24H28ClN3O5S2/c1-5-7-14-27(4)35(31,32)18-10-8-17(9-11-18)23(30)26-24-28(15-21(29)33-6-2)22-16(3)19(25)12-13-20(22)34-24/h8-13H,5-7,14-15H2,1-4H3. The van der Waals surface area contributed by atoms with Gasteiger partial charge in [-0.1, -0.05) is 36.3 Å². The molecular weight excluding hydrogens is 510 g/mol. The molecular formula is C24H28ClN3O5S2. The van der Waals surface area contributed by atoms with Crippen LogP contribution < -0.4 is 4.80 Å². The quantitative estimate of drug-likeness (QED) is 0.377. The zero-order valence-corrected chi connectivity index (χ0v) is 22.5. The molecule has 8 nitrogen and oxygen atoms in total. The summed E-state index contributed by atoms with van der Waals surface area (Å²) in [7, 11) is -2.10. The van der Waals surface area contributed by atoms with Crippen LogP contribution in [0.4, 0.5) is 0 Å². The Hall–Kier alpha value is -2.53. The second-order valence-electron chi connectivity index (χ2n) is 7.92. The molecule has 0 atom stereocenters. The number of hydrogen-bond donors (Lipinski definition) is 0. The zero-order valence-electron chi connectivity index (χ0n) is 20.1. The summed E-state index contributed by atoms with van der Waals surface area (Å²) < 4.78 is 34.3. The molecule has 0 aliphatic heterocycles. The van der Waals surface area contributed by atoms with Crippen molar-refractivity contribution in [1.29, 1.82) is 0 Å². The number of sulfonamides is 1. The molecule has 3 rings (SSSR count). The number of aromatic nitrogens is 1. The van der Waals surface area contributed by atoms with Gasteiger partial charge in [-0.2, -0.15) is 4.99 Å². The fraction of sp³-hybridized carbons (Fsp3) is 0.375. The summed E-state index contributed by atoms with van der Waals surface area (Å²) in [5, 5.41) is 0.534. The molecule has 0 N–H and O–H groups in total. The second-order valence-corrected chi connectivity index (χ2v) is 11.4. The summed E-state index contributed by atoms with van der Waals surface area (Å²) in [5.41, 5.74) is 1.70. The molecule has 0 radical (unpaired) electrons. The Morgan fingerprint density at radius 3 is 2.46 bits per heavy atom. The normalized spacial score (nSPS) is 12.5. The minimum Gasteiger partial charge on any atom is -0.465 e. The number of carbonyl (C=O) groups is 2. The number of rotatable bonds is 9. The van der Waals surface area contributed by atoms with Crippen molar-refractivity contribution in [3.05, 3.63) is 57.3 Å². The van der Waals surface area contributed by atoms with Crippen LogP contribution in [0.2, 0.25) is 5.02 Å². The third kappa shape index (κ3) is 6.00. The molecule has 188 valence electrons. The maximum absolute atomic E-state index is 13.0. The van der Waals surface area contributed by atoms with E-state index in [1.807, 2.05) is 19.9 Å². The summed E-state index contributed by atoms with van der Waals surface area (Å²) in [6.07, 6.45) is 1.64. The van der Waals surface area contributed by atoms with Crippen molar-refractivity contribution in [3.8, 4) is 0 Å². The highest BCUT2D eigenvalue weighted by Gasteiger charge is 2.21. The molecule has 1 heterocycles. The van der Waals surface area contributed by atoms with E-state index >= 15 is 0 Å². The first-order valence-corrected chi connectivity index (χ1v) is 13.8. The third-order valence-corrected chi connectivity index (χ3v) is 8.78. The van der Waals surface area contributed by atoms with E-state index in [0.29, 0.717) is 21.9 Å². The van der Waals surface area contributed by atoms with Crippen LogP contribution >= 0.6 is 22.9 Å². The first-order valence-electron chi connectivity index (χ1n) is 11.2. The van der Waals surface area contributed by atoms with Gasteiger partial charge in [0.1, 0.15) is 6.54 Å². The van der Waals surface area contributed by atoms with Crippen molar-refractivity contribution >= 4 is 55.1 Å². The number of ether oxygens (including phenoxy) is 1. The first kappa shape index (κ1) is 27.1. The second kappa shape index (κ2) is 11.5. The zero-order chi connectivity index (χ0) is 25.8.